The fraction of sp³-hybridized carbons (Fsp3) is 1.00. The predicted molar refractivity (Wildman–Crippen MR) is 80.1 cm³/mol. The van der Waals surface area contributed by atoms with Gasteiger partial charge in [-0.2, -0.15) is 0 Å². The van der Waals surface area contributed by atoms with Crippen LogP contribution in [-0.2, 0) is 37.4 Å². The molecule has 2 nitrogen and oxygen atoms in total. The Balaban J connectivity index is -0.00000000839. The minimum atomic E-state index is 0. The predicted octanol–water partition coefficient (Wildman–Crippen LogP) is 4.79. The molecule has 0 heterocycles. The van der Waals surface area contributed by atoms with E-state index in [4.69, 9.17) is 0 Å². The van der Waals surface area contributed by atoms with E-state index in [2.05, 4.69) is 18.6 Å². The zero-order chi connectivity index (χ0) is 11.0. The van der Waals surface area contributed by atoms with E-state index in [0.29, 0.717) is 0 Å². The third kappa shape index (κ3) is 2820. The Morgan fingerprint density at radius 3 is 0.812 bits per heavy atom. The summed E-state index contributed by atoms with van der Waals surface area (Å²) in [7, 11) is 9.25. The van der Waals surface area contributed by atoms with Crippen molar-refractivity contribution in [2.45, 2.75) is 56.4 Å². The van der Waals surface area contributed by atoms with Crippen LogP contribution in [0.2, 0.25) is 0 Å². The van der Waals surface area contributed by atoms with Gasteiger partial charge in [0.05, 0.1) is 0 Å². The number of hydrogen-bond donors (Lipinski definition) is 0. The first kappa shape index (κ1) is 53.7. The Labute approximate surface area is 133 Å². The molecule has 0 saturated carbocycles. The Hall–Kier alpha value is 1.02. The monoisotopic (exact) mass is 316 g/mol. The standard InChI is InChI=1S/C3H9N.C3H8.C2H6O.C2H6.3CH4.Y/c1-4(2)3;2*1-3-2;1-2;;;;/h1-3H3;3H2,1-2H3;1-2H3;1-2H3;3*1H4;. The van der Waals surface area contributed by atoms with Gasteiger partial charge in [-0.15, -0.1) is 0 Å². The van der Waals surface area contributed by atoms with Crippen LogP contribution in [0.25, 0.3) is 0 Å². The van der Waals surface area contributed by atoms with E-state index < -0.39 is 0 Å². The van der Waals surface area contributed by atoms with Crippen LogP contribution in [0.4, 0.5) is 0 Å². The summed E-state index contributed by atoms with van der Waals surface area (Å²) >= 11 is 0. The fourth-order valence-electron chi connectivity index (χ4n) is 0. The molecule has 0 saturated heterocycles. The van der Waals surface area contributed by atoms with Crippen molar-refractivity contribution in [2.24, 2.45) is 0 Å². The second-order valence-corrected chi connectivity index (χ2v) is 2.46. The van der Waals surface area contributed by atoms with Crippen LogP contribution < -0.4 is 0 Å². The van der Waals surface area contributed by atoms with Gasteiger partial charge in [-0.25, -0.2) is 0 Å². The summed E-state index contributed by atoms with van der Waals surface area (Å²) in [5.74, 6) is 0. The minimum Gasteiger partial charge on any atom is -0.388 e. The van der Waals surface area contributed by atoms with Crippen LogP contribution in [0, 0.1) is 0 Å². The molecule has 0 aliphatic rings. The van der Waals surface area contributed by atoms with Gasteiger partial charge in [0.15, 0.2) is 0 Å². The van der Waals surface area contributed by atoms with Crippen molar-refractivity contribution in [3.63, 3.8) is 0 Å². The third-order valence-corrected chi connectivity index (χ3v) is 0. The van der Waals surface area contributed by atoms with Crippen molar-refractivity contribution in [2.75, 3.05) is 35.4 Å². The zero-order valence-corrected chi connectivity index (χ0v) is 14.0. The zero-order valence-electron chi connectivity index (χ0n) is 11.1. The van der Waals surface area contributed by atoms with Gasteiger partial charge in [0.2, 0.25) is 0 Å². The van der Waals surface area contributed by atoms with Crippen molar-refractivity contribution >= 4 is 0 Å². The normalized spacial score (nSPS) is 4.88. The van der Waals surface area contributed by atoms with E-state index in [1.807, 2.05) is 39.9 Å². The summed E-state index contributed by atoms with van der Waals surface area (Å²) in [6.45, 7) is 8.25. The Morgan fingerprint density at radius 1 is 0.812 bits per heavy atom. The van der Waals surface area contributed by atoms with Gasteiger partial charge < -0.3 is 9.64 Å². The number of ether oxygens (including phenoxy) is 1. The maximum Gasteiger partial charge on any atom is 0.0351 e. The Kier molecular flexibility index (Phi) is 334. The SMILES string of the molecule is C.C.C.CC.CCC.CN(C)C.COC.[Y]. The first-order chi connectivity index (χ1) is 5.56. The van der Waals surface area contributed by atoms with Crippen LogP contribution in [-0.4, -0.2) is 40.3 Å². The largest absolute Gasteiger partial charge is 0.388 e. The molecule has 0 spiro atoms. The van der Waals surface area contributed by atoms with Gasteiger partial charge in [0.25, 0.3) is 0 Å². The number of rotatable bonds is 0. The molecule has 0 aliphatic heterocycles. The third-order valence-electron chi connectivity index (χ3n) is 0. The number of nitrogens with zero attached hydrogens (tertiary/aromatic N) is 1. The van der Waals surface area contributed by atoms with Crippen LogP contribution in [0.15, 0.2) is 0 Å². The smallest absolute Gasteiger partial charge is 0.0351 e. The molecule has 1 radical (unpaired) electrons. The molecular formula is C13H41NOY. The summed E-state index contributed by atoms with van der Waals surface area (Å²) in [4.78, 5) is 2.00. The topological polar surface area (TPSA) is 12.5 Å². The molecule has 0 aliphatic carbocycles. The maximum atomic E-state index is 4.25. The van der Waals surface area contributed by atoms with E-state index in [-0.39, 0.29) is 55.0 Å². The molecule has 3 heteroatoms. The first-order valence-corrected chi connectivity index (χ1v) is 4.57. The van der Waals surface area contributed by atoms with E-state index in [1.54, 1.807) is 14.2 Å². The first-order valence-electron chi connectivity index (χ1n) is 4.57. The van der Waals surface area contributed by atoms with Gasteiger partial charge in [0, 0.05) is 46.9 Å². The molecule has 0 aromatic heterocycles. The average Bonchev–Trinajstić information content (AvgIpc) is 1.92. The summed E-state index contributed by atoms with van der Waals surface area (Å²) in [5.41, 5.74) is 0. The molecule has 0 bridgehead atoms. The molecule has 0 aromatic carbocycles. The second kappa shape index (κ2) is 99.7. The molecule has 0 unspecified atom stereocenters. The summed E-state index contributed by atoms with van der Waals surface area (Å²) in [6.07, 6.45) is 1.25. The molecule has 0 N–H and O–H groups in total. The van der Waals surface area contributed by atoms with Crippen LogP contribution >= 0.6 is 0 Å². The summed E-state index contributed by atoms with van der Waals surface area (Å²) in [6, 6.07) is 0. The Morgan fingerprint density at radius 2 is 0.812 bits per heavy atom. The van der Waals surface area contributed by atoms with Crippen molar-refractivity contribution in [3.05, 3.63) is 0 Å². The van der Waals surface area contributed by atoms with Crippen LogP contribution in [0.3, 0.4) is 0 Å². The second-order valence-electron chi connectivity index (χ2n) is 2.46. The van der Waals surface area contributed by atoms with Crippen LogP contribution in [0.5, 0.6) is 0 Å². The molecule has 0 amide bonds. The van der Waals surface area contributed by atoms with Gasteiger partial charge in [0.1, 0.15) is 0 Å². The molecule has 0 fully saturated rings. The fourth-order valence-corrected chi connectivity index (χ4v) is 0. The van der Waals surface area contributed by atoms with Gasteiger partial charge >= 0.3 is 0 Å². The van der Waals surface area contributed by atoms with E-state index in [0.717, 1.165) is 0 Å². The maximum absolute atomic E-state index is 4.25. The average molecular weight is 316 g/mol. The quantitative estimate of drug-likeness (QED) is 0.637. The van der Waals surface area contributed by atoms with Gasteiger partial charge in [-0.1, -0.05) is 56.4 Å². The summed E-state index contributed by atoms with van der Waals surface area (Å²) in [5, 5.41) is 0. The van der Waals surface area contributed by atoms with Gasteiger partial charge in [-0.3, -0.25) is 0 Å². The van der Waals surface area contributed by atoms with E-state index >= 15 is 0 Å². The summed E-state index contributed by atoms with van der Waals surface area (Å²) < 4.78 is 4.25. The van der Waals surface area contributed by atoms with Crippen molar-refractivity contribution < 1.29 is 37.4 Å². The molecule has 0 atom stereocenters. The van der Waals surface area contributed by atoms with Crippen molar-refractivity contribution in [1.29, 1.82) is 0 Å². The van der Waals surface area contributed by atoms with E-state index in [1.165, 1.54) is 6.42 Å². The molecular weight excluding hydrogens is 275 g/mol. The van der Waals surface area contributed by atoms with Crippen LogP contribution in [0.1, 0.15) is 56.4 Å². The Bertz CT molecular complexity index is 32.4. The van der Waals surface area contributed by atoms with E-state index in [9.17, 15) is 0 Å². The number of methoxy groups -OCH3 is 1. The minimum absolute atomic E-state index is 0. The van der Waals surface area contributed by atoms with Crippen molar-refractivity contribution in [1.82, 2.24) is 4.90 Å². The molecule has 16 heavy (non-hydrogen) atoms. The molecule has 0 aromatic rings. The van der Waals surface area contributed by atoms with Gasteiger partial charge in [-0.05, 0) is 21.1 Å². The molecule has 0 rings (SSSR count). The number of hydrogen-bond acceptors (Lipinski definition) is 2. The van der Waals surface area contributed by atoms with Crippen molar-refractivity contribution in [3.8, 4) is 0 Å². The molecule has 107 valence electrons.